The summed E-state index contributed by atoms with van der Waals surface area (Å²) < 4.78 is 0. The molecule has 1 saturated heterocycles. The van der Waals surface area contributed by atoms with Crippen LogP contribution in [0.25, 0.3) is 0 Å². The van der Waals surface area contributed by atoms with E-state index in [1.54, 1.807) is 6.92 Å². The molecule has 0 spiro atoms. The number of rotatable bonds is 1. The van der Waals surface area contributed by atoms with Gasteiger partial charge in [-0.1, -0.05) is 20.8 Å². The van der Waals surface area contributed by atoms with E-state index in [1.807, 2.05) is 0 Å². The van der Waals surface area contributed by atoms with Gasteiger partial charge in [0.2, 0.25) is 5.91 Å². The zero-order chi connectivity index (χ0) is 10.7. The van der Waals surface area contributed by atoms with Crippen LogP contribution in [0.3, 0.4) is 0 Å². The van der Waals surface area contributed by atoms with Gasteiger partial charge in [-0.3, -0.25) is 4.79 Å². The molecule has 2 atom stereocenters. The minimum atomic E-state index is 0.248. The average molecular weight is 197 g/mol. The molecule has 1 heterocycles. The molecule has 2 unspecified atom stereocenters. The lowest BCUT2D eigenvalue weighted by atomic mass is 9.95. The molecule has 1 aliphatic heterocycles. The van der Waals surface area contributed by atoms with Gasteiger partial charge in [0.05, 0.1) is 0 Å². The summed E-state index contributed by atoms with van der Waals surface area (Å²) in [5, 5.41) is 0. The topological polar surface area (TPSA) is 20.3 Å². The van der Waals surface area contributed by atoms with Crippen LogP contribution in [0.15, 0.2) is 0 Å². The van der Waals surface area contributed by atoms with E-state index in [2.05, 4.69) is 25.7 Å². The van der Waals surface area contributed by atoms with Crippen LogP contribution in [0.5, 0.6) is 0 Å². The lowest BCUT2D eigenvalue weighted by molar-refractivity contribution is -0.132. The Morgan fingerprint density at radius 3 is 2.43 bits per heavy atom. The largest absolute Gasteiger partial charge is 0.340 e. The molecule has 1 aliphatic rings. The third kappa shape index (κ3) is 2.73. The predicted molar refractivity (Wildman–Crippen MR) is 59.0 cm³/mol. The Morgan fingerprint density at radius 1 is 1.29 bits per heavy atom. The summed E-state index contributed by atoms with van der Waals surface area (Å²) in [5.74, 6) is 1.61. The first-order valence-corrected chi connectivity index (χ1v) is 5.79. The average Bonchev–Trinajstić information content (AvgIpc) is 2.26. The molecule has 0 aromatic carbocycles. The summed E-state index contributed by atoms with van der Waals surface area (Å²) in [5.41, 5.74) is 0. The first kappa shape index (κ1) is 11.5. The number of carbonyl (C=O) groups excluding carboxylic acids is 1. The fourth-order valence-corrected chi connectivity index (χ4v) is 2.36. The molecule has 0 aromatic rings. The fourth-order valence-electron chi connectivity index (χ4n) is 2.36. The molecule has 0 bridgehead atoms. The van der Waals surface area contributed by atoms with Gasteiger partial charge in [0, 0.05) is 19.5 Å². The van der Waals surface area contributed by atoms with Crippen LogP contribution in [0.4, 0.5) is 0 Å². The SMILES string of the molecule is CC(=O)N1CCC(C)CCC1C(C)C. The van der Waals surface area contributed by atoms with E-state index in [1.165, 1.54) is 19.3 Å². The van der Waals surface area contributed by atoms with Crippen LogP contribution in [-0.2, 0) is 4.79 Å². The monoisotopic (exact) mass is 197 g/mol. The Morgan fingerprint density at radius 2 is 1.93 bits per heavy atom. The first-order valence-electron chi connectivity index (χ1n) is 5.79. The lowest BCUT2D eigenvalue weighted by Crippen LogP contribution is -2.41. The Kier molecular flexibility index (Phi) is 3.97. The van der Waals surface area contributed by atoms with Crippen molar-refractivity contribution in [2.75, 3.05) is 6.54 Å². The van der Waals surface area contributed by atoms with Crippen LogP contribution in [0.2, 0.25) is 0 Å². The molecule has 1 rings (SSSR count). The Labute approximate surface area is 87.7 Å². The van der Waals surface area contributed by atoms with Gasteiger partial charge in [-0.05, 0) is 31.1 Å². The van der Waals surface area contributed by atoms with E-state index < -0.39 is 0 Å². The predicted octanol–water partition coefficient (Wildman–Crippen LogP) is 2.68. The van der Waals surface area contributed by atoms with Crippen molar-refractivity contribution >= 4 is 5.91 Å². The van der Waals surface area contributed by atoms with Crippen LogP contribution < -0.4 is 0 Å². The molecule has 0 radical (unpaired) electrons. The molecular formula is C12H23NO. The van der Waals surface area contributed by atoms with Crippen molar-refractivity contribution in [3.05, 3.63) is 0 Å². The Bertz CT molecular complexity index is 200. The van der Waals surface area contributed by atoms with Gasteiger partial charge in [0.1, 0.15) is 0 Å². The summed E-state index contributed by atoms with van der Waals surface area (Å²) in [6, 6.07) is 0.470. The highest BCUT2D eigenvalue weighted by atomic mass is 16.2. The minimum absolute atomic E-state index is 0.248. The van der Waals surface area contributed by atoms with Gasteiger partial charge >= 0.3 is 0 Å². The van der Waals surface area contributed by atoms with E-state index in [-0.39, 0.29) is 5.91 Å². The van der Waals surface area contributed by atoms with Crippen molar-refractivity contribution in [3.63, 3.8) is 0 Å². The van der Waals surface area contributed by atoms with Crippen LogP contribution in [0, 0.1) is 11.8 Å². The normalized spacial score (nSPS) is 29.1. The fraction of sp³-hybridized carbons (Fsp3) is 0.917. The highest BCUT2D eigenvalue weighted by Crippen LogP contribution is 2.25. The molecule has 0 N–H and O–H groups in total. The second kappa shape index (κ2) is 4.81. The quantitative estimate of drug-likeness (QED) is 0.633. The molecule has 0 saturated carbocycles. The standard InChI is InChI=1S/C12H23NO/c1-9(2)12-6-5-10(3)7-8-13(12)11(4)14/h9-10,12H,5-8H2,1-4H3. The summed E-state index contributed by atoms with van der Waals surface area (Å²) >= 11 is 0. The molecule has 2 heteroatoms. The van der Waals surface area contributed by atoms with E-state index in [9.17, 15) is 4.79 Å². The van der Waals surface area contributed by atoms with Crippen molar-refractivity contribution < 1.29 is 4.79 Å². The summed E-state index contributed by atoms with van der Waals surface area (Å²) in [6.07, 6.45) is 3.62. The van der Waals surface area contributed by atoms with Crippen molar-refractivity contribution in [1.82, 2.24) is 4.90 Å². The second-order valence-electron chi connectivity index (χ2n) is 4.99. The number of carbonyl (C=O) groups is 1. The molecule has 82 valence electrons. The van der Waals surface area contributed by atoms with Gasteiger partial charge in [-0.15, -0.1) is 0 Å². The molecule has 1 amide bonds. The van der Waals surface area contributed by atoms with Gasteiger partial charge in [-0.25, -0.2) is 0 Å². The zero-order valence-corrected chi connectivity index (χ0v) is 9.92. The molecule has 1 fully saturated rings. The van der Waals surface area contributed by atoms with Crippen LogP contribution in [0.1, 0.15) is 47.0 Å². The van der Waals surface area contributed by atoms with E-state index in [4.69, 9.17) is 0 Å². The number of hydrogen-bond acceptors (Lipinski definition) is 1. The van der Waals surface area contributed by atoms with E-state index in [0.717, 1.165) is 12.5 Å². The number of nitrogens with zero attached hydrogens (tertiary/aromatic N) is 1. The number of likely N-dealkylation sites (tertiary alicyclic amines) is 1. The highest BCUT2D eigenvalue weighted by molar-refractivity contribution is 5.73. The maximum Gasteiger partial charge on any atom is 0.219 e. The smallest absolute Gasteiger partial charge is 0.219 e. The van der Waals surface area contributed by atoms with E-state index in [0.29, 0.717) is 12.0 Å². The Balaban J connectivity index is 2.71. The minimum Gasteiger partial charge on any atom is -0.340 e. The highest BCUT2D eigenvalue weighted by Gasteiger charge is 2.27. The maximum atomic E-state index is 11.5. The van der Waals surface area contributed by atoms with Gasteiger partial charge in [0.25, 0.3) is 0 Å². The summed E-state index contributed by atoms with van der Waals surface area (Å²) in [7, 11) is 0. The van der Waals surface area contributed by atoms with Gasteiger partial charge in [-0.2, -0.15) is 0 Å². The van der Waals surface area contributed by atoms with Crippen LogP contribution >= 0.6 is 0 Å². The van der Waals surface area contributed by atoms with Gasteiger partial charge in [0.15, 0.2) is 0 Å². The van der Waals surface area contributed by atoms with Crippen molar-refractivity contribution in [1.29, 1.82) is 0 Å². The van der Waals surface area contributed by atoms with Gasteiger partial charge < -0.3 is 4.90 Å². The third-order valence-corrected chi connectivity index (χ3v) is 3.39. The molecule has 2 nitrogen and oxygen atoms in total. The molecule has 0 aromatic heterocycles. The van der Waals surface area contributed by atoms with Crippen molar-refractivity contribution in [3.8, 4) is 0 Å². The van der Waals surface area contributed by atoms with Crippen molar-refractivity contribution in [2.45, 2.75) is 53.0 Å². The number of hydrogen-bond donors (Lipinski definition) is 0. The third-order valence-electron chi connectivity index (χ3n) is 3.39. The second-order valence-corrected chi connectivity index (χ2v) is 4.99. The summed E-state index contributed by atoms with van der Waals surface area (Å²) in [4.78, 5) is 13.6. The van der Waals surface area contributed by atoms with E-state index >= 15 is 0 Å². The zero-order valence-electron chi connectivity index (χ0n) is 9.92. The molecule has 0 aliphatic carbocycles. The van der Waals surface area contributed by atoms with Crippen molar-refractivity contribution in [2.24, 2.45) is 11.8 Å². The first-order chi connectivity index (χ1) is 6.52. The number of amides is 1. The lowest BCUT2D eigenvalue weighted by Gasteiger charge is -2.32. The van der Waals surface area contributed by atoms with Crippen LogP contribution in [-0.4, -0.2) is 23.4 Å². The summed E-state index contributed by atoms with van der Waals surface area (Å²) in [6.45, 7) is 9.39. The maximum absolute atomic E-state index is 11.5. The Hall–Kier alpha value is -0.530. The molecular weight excluding hydrogens is 174 g/mol. The molecule has 14 heavy (non-hydrogen) atoms.